The van der Waals surface area contributed by atoms with Crippen LogP contribution in [0.5, 0.6) is 0 Å². The van der Waals surface area contributed by atoms with E-state index in [4.69, 9.17) is 0 Å². The van der Waals surface area contributed by atoms with Crippen molar-refractivity contribution in [3.63, 3.8) is 0 Å². The van der Waals surface area contributed by atoms with Crippen LogP contribution in [-0.2, 0) is 4.79 Å². The lowest BCUT2D eigenvalue weighted by atomic mass is 10.1. The molecule has 13 heavy (non-hydrogen) atoms. The lowest BCUT2D eigenvalue weighted by molar-refractivity contribution is -0.118. The summed E-state index contributed by atoms with van der Waals surface area (Å²) in [5.74, 6) is 0. The number of rotatable bonds is 4. The molecule has 1 aliphatic heterocycles. The average molecular weight is 186 g/mol. The molecule has 0 aromatic rings. The van der Waals surface area contributed by atoms with Crippen molar-refractivity contribution in [3.05, 3.63) is 0 Å². The number of nitrogens with zero attached hydrogens (tertiary/aromatic N) is 1. The van der Waals surface area contributed by atoms with Crippen LogP contribution in [0.15, 0.2) is 0 Å². The van der Waals surface area contributed by atoms with Crippen molar-refractivity contribution < 1.29 is 4.79 Å². The maximum Gasteiger partial charge on any atom is 0.221 e. The summed E-state index contributed by atoms with van der Waals surface area (Å²) in [6, 6.07) is 0. The summed E-state index contributed by atoms with van der Waals surface area (Å²) in [4.78, 5) is 10.4. The molecule has 2 atom stereocenters. The Kier molecular flexibility index (Phi) is 4.14. The number of hydrogen-bond acceptors (Lipinski definition) is 4. The van der Waals surface area contributed by atoms with E-state index in [1.165, 1.54) is 6.42 Å². The largest absolute Gasteiger partial charge is 0.303 e. The van der Waals surface area contributed by atoms with Crippen molar-refractivity contribution in [1.82, 2.24) is 21.1 Å². The number of carbonyl (C=O) groups is 1. The van der Waals surface area contributed by atoms with Crippen molar-refractivity contribution in [3.8, 4) is 0 Å². The first-order valence-corrected chi connectivity index (χ1v) is 4.66. The molecule has 0 saturated carbocycles. The second-order valence-corrected chi connectivity index (χ2v) is 3.19. The van der Waals surface area contributed by atoms with Gasteiger partial charge in [-0.1, -0.05) is 0 Å². The summed E-state index contributed by atoms with van der Waals surface area (Å²) in [6.45, 7) is 0. The van der Waals surface area contributed by atoms with E-state index in [1.54, 1.807) is 0 Å². The van der Waals surface area contributed by atoms with E-state index >= 15 is 0 Å². The maximum atomic E-state index is 10.4. The van der Waals surface area contributed by atoms with Gasteiger partial charge in [0.25, 0.3) is 0 Å². The Morgan fingerprint density at radius 1 is 1.23 bits per heavy atom. The molecule has 1 rings (SSSR count). The summed E-state index contributed by atoms with van der Waals surface area (Å²) in [5, 5.41) is 8.26. The van der Waals surface area contributed by atoms with Gasteiger partial charge in [-0.25, -0.2) is 0 Å². The number of hydrazine groups is 1. The molecule has 1 amide bonds. The summed E-state index contributed by atoms with van der Waals surface area (Å²) in [7, 11) is 3.81. The standard InChI is InChI=1S/C8H18N4O/c1-9-7-4-3-5-8(10-2)12(7)11-6-13/h6-10H,3-5H2,1-2H3,(H,11,13). The monoisotopic (exact) mass is 186 g/mol. The Balaban J connectivity index is 2.57. The molecule has 5 nitrogen and oxygen atoms in total. The Labute approximate surface area is 78.8 Å². The van der Waals surface area contributed by atoms with Crippen molar-refractivity contribution in [2.75, 3.05) is 14.1 Å². The van der Waals surface area contributed by atoms with Crippen LogP contribution in [0, 0.1) is 0 Å². The molecule has 1 aliphatic rings. The van der Waals surface area contributed by atoms with Gasteiger partial charge in [0, 0.05) is 0 Å². The van der Waals surface area contributed by atoms with Gasteiger partial charge in [-0.3, -0.25) is 10.2 Å². The van der Waals surface area contributed by atoms with Crippen LogP contribution in [0.25, 0.3) is 0 Å². The van der Waals surface area contributed by atoms with Crippen molar-refractivity contribution in [2.45, 2.75) is 31.6 Å². The van der Waals surface area contributed by atoms with Crippen LogP contribution >= 0.6 is 0 Å². The number of hydrogen-bond donors (Lipinski definition) is 3. The Bertz CT molecular complexity index is 152. The maximum absolute atomic E-state index is 10.4. The number of nitrogens with one attached hydrogen (secondary N) is 3. The summed E-state index contributed by atoms with van der Waals surface area (Å²) in [6.07, 6.45) is 4.49. The van der Waals surface area contributed by atoms with E-state index in [9.17, 15) is 4.79 Å². The normalized spacial score (nSPS) is 30.0. The number of amides is 1. The Morgan fingerprint density at radius 2 is 1.77 bits per heavy atom. The summed E-state index contributed by atoms with van der Waals surface area (Å²) in [5.41, 5.74) is 2.71. The minimum Gasteiger partial charge on any atom is -0.303 e. The molecular formula is C8H18N4O. The lowest BCUT2D eigenvalue weighted by Gasteiger charge is -2.40. The van der Waals surface area contributed by atoms with Crippen molar-refractivity contribution in [1.29, 1.82) is 0 Å². The zero-order valence-corrected chi connectivity index (χ0v) is 8.21. The fourth-order valence-electron chi connectivity index (χ4n) is 1.81. The van der Waals surface area contributed by atoms with Gasteiger partial charge in [-0.05, 0) is 33.4 Å². The second kappa shape index (κ2) is 5.16. The smallest absolute Gasteiger partial charge is 0.221 e. The molecular weight excluding hydrogens is 168 g/mol. The molecule has 76 valence electrons. The zero-order valence-electron chi connectivity index (χ0n) is 8.21. The third-order valence-corrected chi connectivity index (χ3v) is 2.49. The molecule has 2 unspecified atom stereocenters. The van der Waals surface area contributed by atoms with Crippen LogP contribution in [-0.4, -0.2) is 37.8 Å². The number of carbonyl (C=O) groups excluding carboxylic acids is 1. The highest BCUT2D eigenvalue weighted by atomic mass is 16.1. The third kappa shape index (κ3) is 2.40. The lowest BCUT2D eigenvalue weighted by Crippen LogP contribution is -2.61. The van der Waals surface area contributed by atoms with Crippen molar-refractivity contribution >= 4 is 6.41 Å². The van der Waals surface area contributed by atoms with Crippen LogP contribution in [0.2, 0.25) is 0 Å². The van der Waals surface area contributed by atoms with Crippen LogP contribution in [0.4, 0.5) is 0 Å². The summed E-state index contributed by atoms with van der Waals surface area (Å²) < 4.78 is 0. The fraction of sp³-hybridized carbons (Fsp3) is 0.875. The molecule has 0 spiro atoms. The van der Waals surface area contributed by atoms with E-state index < -0.39 is 0 Å². The van der Waals surface area contributed by atoms with Crippen LogP contribution < -0.4 is 16.1 Å². The van der Waals surface area contributed by atoms with Gasteiger partial charge in [0.2, 0.25) is 6.41 Å². The first-order chi connectivity index (χ1) is 6.33. The number of piperidine rings is 1. The molecule has 0 radical (unpaired) electrons. The molecule has 0 bridgehead atoms. The molecule has 1 saturated heterocycles. The van der Waals surface area contributed by atoms with Gasteiger partial charge in [0.1, 0.15) is 0 Å². The van der Waals surface area contributed by atoms with Gasteiger partial charge >= 0.3 is 0 Å². The van der Waals surface area contributed by atoms with E-state index in [2.05, 4.69) is 16.1 Å². The SMILES string of the molecule is CNC1CCCC(NC)N1NC=O. The first-order valence-electron chi connectivity index (χ1n) is 4.66. The summed E-state index contributed by atoms with van der Waals surface area (Å²) >= 11 is 0. The Hall–Kier alpha value is -0.650. The van der Waals surface area contributed by atoms with Gasteiger partial charge in [0.05, 0.1) is 12.3 Å². The highest BCUT2D eigenvalue weighted by molar-refractivity contribution is 5.45. The second-order valence-electron chi connectivity index (χ2n) is 3.19. The first kappa shape index (κ1) is 10.4. The highest BCUT2D eigenvalue weighted by Crippen LogP contribution is 2.16. The van der Waals surface area contributed by atoms with Crippen LogP contribution in [0.1, 0.15) is 19.3 Å². The van der Waals surface area contributed by atoms with Crippen molar-refractivity contribution in [2.24, 2.45) is 0 Å². The van der Waals surface area contributed by atoms with Gasteiger partial charge < -0.3 is 10.6 Å². The van der Waals surface area contributed by atoms with Gasteiger partial charge in [-0.2, -0.15) is 5.01 Å². The molecule has 0 aromatic heterocycles. The predicted octanol–water partition coefficient (Wildman–Crippen LogP) is -0.776. The molecule has 5 heteroatoms. The molecule has 1 heterocycles. The van der Waals surface area contributed by atoms with E-state index in [0.29, 0.717) is 0 Å². The van der Waals surface area contributed by atoms with Gasteiger partial charge in [-0.15, -0.1) is 0 Å². The van der Waals surface area contributed by atoms with Gasteiger partial charge in [0.15, 0.2) is 0 Å². The van der Waals surface area contributed by atoms with E-state index in [-0.39, 0.29) is 12.3 Å². The van der Waals surface area contributed by atoms with E-state index in [1.807, 2.05) is 19.1 Å². The predicted molar refractivity (Wildman–Crippen MR) is 50.6 cm³/mol. The highest BCUT2D eigenvalue weighted by Gasteiger charge is 2.28. The molecule has 1 fully saturated rings. The topological polar surface area (TPSA) is 56.4 Å². The zero-order chi connectivity index (χ0) is 9.68. The molecule has 0 aromatic carbocycles. The molecule has 0 aliphatic carbocycles. The molecule has 3 N–H and O–H groups in total. The quantitative estimate of drug-likeness (QED) is 0.504. The minimum absolute atomic E-state index is 0.233. The Morgan fingerprint density at radius 3 is 2.15 bits per heavy atom. The van der Waals surface area contributed by atoms with E-state index in [0.717, 1.165) is 19.3 Å². The van der Waals surface area contributed by atoms with Crippen LogP contribution in [0.3, 0.4) is 0 Å². The minimum atomic E-state index is 0.233. The fourth-order valence-corrected chi connectivity index (χ4v) is 1.81. The third-order valence-electron chi connectivity index (χ3n) is 2.49. The average Bonchev–Trinajstić information content (AvgIpc) is 2.18.